The number of carbonyl (C=O) groups is 1. The minimum Gasteiger partial charge on any atom is -0.368 e. The number of hydrogen-bond donors (Lipinski definition) is 1. The minimum absolute atomic E-state index is 0.0393. The van der Waals surface area contributed by atoms with Crippen LogP contribution >= 0.6 is 0 Å². The van der Waals surface area contributed by atoms with Crippen molar-refractivity contribution in [1.29, 1.82) is 0 Å². The Morgan fingerprint density at radius 3 is 2.74 bits per heavy atom. The van der Waals surface area contributed by atoms with Crippen LogP contribution in [0.25, 0.3) is 16.9 Å². The summed E-state index contributed by atoms with van der Waals surface area (Å²) in [5.41, 5.74) is 7.98. The lowest BCUT2D eigenvalue weighted by atomic mass is 10.0. The quantitative estimate of drug-likeness (QED) is 0.778. The van der Waals surface area contributed by atoms with Gasteiger partial charge in [0, 0.05) is 18.0 Å². The minimum atomic E-state index is -0.509. The van der Waals surface area contributed by atoms with E-state index in [2.05, 4.69) is 15.4 Å². The van der Waals surface area contributed by atoms with E-state index in [0.29, 0.717) is 5.69 Å². The van der Waals surface area contributed by atoms with Gasteiger partial charge in [0.2, 0.25) is 5.91 Å². The maximum absolute atomic E-state index is 11.6. The molecule has 0 aliphatic carbocycles. The van der Waals surface area contributed by atoms with Crippen LogP contribution in [0.15, 0.2) is 48.9 Å². The highest BCUT2D eigenvalue weighted by Crippen LogP contribution is 2.22. The highest BCUT2D eigenvalue weighted by atomic mass is 16.1. The molecule has 1 amide bonds. The normalized spacial score (nSPS) is 12.5. The second-order valence-corrected chi connectivity index (χ2v) is 5.68. The second-order valence-electron chi connectivity index (χ2n) is 5.68. The van der Waals surface area contributed by atoms with Crippen molar-refractivity contribution in [1.82, 2.24) is 24.8 Å². The van der Waals surface area contributed by atoms with Crippen LogP contribution in [0.3, 0.4) is 0 Å². The number of primary amides is 1. The molecule has 0 spiro atoms. The average molecular weight is 310 g/mol. The Bertz CT molecular complexity index is 806. The molecule has 0 aliphatic heterocycles. The van der Waals surface area contributed by atoms with E-state index in [1.54, 1.807) is 17.1 Å². The molecule has 1 atom stereocenters. The van der Waals surface area contributed by atoms with Crippen molar-refractivity contribution in [3.05, 3.63) is 48.9 Å². The van der Waals surface area contributed by atoms with Gasteiger partial charge in [-0.15, -0.1) is 5.10 Å². The van der Waals surface area contributed by atoms with Crippen LogP contribution in [0, 0.1) is 5.92 Å². The Morgan fingerprint density at radius 1 is 1.26 bits per heavy atom. The number of nitrogens with zero attached hydrogens (tertiary/aromatic N) is 5. The molecule has 2 aromatic heterocycles. The van der Waals surface area contributed by atoms with Crippen molar-refractivity contribution in [2.75, 3.05) is 0 Å². The molecule has 2 N–H and O–H groups in total. The first kappa shape index (κ1) is 15.0. The Kier molecular flexibility index (Phi) is 3.92. The third-order valence-electron chi connectivity index (χ3n) is 3.63. The van der Waals surface area contributed by atoms with Gasteiger partial charge in [0.25, 0.3) is 0 Å². The predicted octanol–water partition coefficient (Wildman–Crippen LogP) is 1.81. The molecule has 23 heavy (non-hydrogen) atoms. The SMILES string of the molecule is CC(C)[C@@H](C(N)=O)n1cc(-c2cccc(-n3cccn3)c2)nn1. The van der Waals surface area contributed by atoms with E-state index in [4.69, 9.17) is 5.73 Å². The molecule has 7 heteroatoms. The van der Waals surface area contributed by atoms with Gasteiger partial charge in [-0.25, -0.2) is 9.36 Å². The summed E-state index contributed by atoms with van der Waals surface area (Å²) in [6.07, 6.45) is 5.35. The molecule has 118 valence electrons. The van der Waals surface area contributed by atoms with E-state index in [1.807, 2.05) is 50.4 Å². The zero-order valence-electron chi connectivity index (χ0n) is 13.0. The Morgan fingerprint density at radius 2 is 2.09 bits per heavy atom. The van der Waals surface area contributed by atoms with Crippen LogP contribution in [0.5, 0.6) is 0 Å². The van der Waals surface area contributed by atoms with Gasteiger partial charge in [0.1, 0.15) is 11.7 Å². The van der Waals surface area contributed by atoms with Crippen molar-refractivity contribution >= 4 is 5.91 Å². The van der Waals surface area contributed by atoms with E-state index < -0.39 is 11.9 Å². The summed E-state index contributed by atoms with van der Waals surface area (Å²) in [6.45, 7) is 3.85. The van der Waals surface area contributed by atoms with Crippen LogP contribution in [0.4, 0.5) is 0 Å². The van der Waals surface area contributed by atoms with Gasteiger partial charge in [0.05, 0.1) is 11.9 Å². The van der Waals surface area contributed by atoms with Crippen LogP contribution in [-0.4, -0.2) is 30.7 Å². The fraction of sp³-hybridized carbons (Fsp3) is 0.250. The third-order valence-corrected chi connectivity index (χ3v) is 3.63. The fourth-order valence-electron chi connectivity index (χ4n) is 2.54. The number of carbonyl (C=O) groups excluding carboxylic acids is 1. The summed E-state index contributed by atoms with van der Waals surface area (Å²) < 4.78 is 3.30. The summed E-state index contributed by atoms with van der Waals surface area (Å²) in [6, 6.07) is 9.15. The van der Waals surface area contributed by atoms with E-state index in [0.717, 1.165) is 11.3 Å². The van der Waals surface area contributed by atoms with Gasteiger partial charge < -0.3 is 5.73 Å². The molecule has 0 fully saturated rings. The molecule has 0 saturated heterocycles. The summed E-state index contributed by atoms with van der Waals surface area (Å²) in [5, 5.41) is 12.5. The average Bonchev–Trinajstić information content (AvgIpc) is 3.18. The Balaban J connectivity index is 1.94. The van der Waals surface area contributed by atoms with Gasteiger partial charge in [0.15, 0.2) is 0 Å². The van der Waals surface area contributed by atoms with Gasteiger partial charge >= 0.3 is 0 Å². The van der Waals surface area contributed by atoms with Crippen molar-refractivity contribution < 1.29 is 4.79 Å². The summed E-state index contributed by atoms with van der Waals surface area (Å²) in [5.74, 6) is -0.376. The molecular formula is C16H18N6O. The number of hydrogen-bond acceptors (Lipinski definition) is 4. The van der Waals surface area contributed by atoms with Crippen LogP contribution in [-0.2, 0) is 4.79 Å². The molecule has 0 unspecified atom stereocenters. The second kappa shape index (κ2) is 6.04. The number of rotatable bonds is 5. The topological polar surface area (TPSA) is 91.6 Å². The predicted molar refractivity (Wildman–Crippen MR) is 85.6 cm³/mol. The molecule has 1 aromatic carbocycles. The molecule has 0 saturated carbocycles. The molecule has 7 nitrogen and oxygen atoms in total. The molecule has 0 aliphatic rings. The van der Waals surface area contributed by atoms with Crippen molar-refractivity contribution in [2.45, 2.75) is 19.9 Å². The van der Waals surface area contributed by atoms with Gasteiger partial charge in [-0.2, -0.15) is 5.10 Å². The lowest BCUT2D eigenvalue weighted by molar-refractivity contribution is -0.122. The number of amides is 1. The maximum atomic E-state index is 11.6. The van der Waals surface area contributed by atoms with E-state index in [9.17, 15) is 4.79 Å². The van der Waals surface area contributed by atoms with E-state index in [-0.39, 0.29) is 5.92 Å². The van der Waals surface area contributed by atoms with Gasteiger partial charge in [-0.05, 0) is 24.1 Å². The van der Waals surface area contributed by atoms with Crippen molar-refractivity contribution in [3.63, 3.8) is 0 Å². The zero-order valence-corrected chi connectivity index (χ0v) is 13.0. The molecular weight excluding hydrogens is 292 g/mol. The lowest BCUT2D eigenvalue weighted by Gasteiger charge is -2.16. The largest absolute Gasteiger partial charge is 0.368 e. The van der Waals surface area contributed by atoms with E-state index in [1.165, 1.54) is 4.68 Å². The van der Waals surface area contributed by atoms with E-state index >= 15 is 0 Å². The standard InChI is InChI=1S/C16H18N6O/c1-11(2)15(16(17)23)22-10-14(19-20-22)12-5-3-6-13(9-12)21-8-4-7-18-21/h3-11,15H,1-2H3,(H2,17,23)/t15-/m0/s1. The first-order chi connectivity index (χ1) is 11.1. The molecule has 0 radical (unpaired) electrons. The number of benzene rings is 1. The van der Waals surface area contributed by atoms with Gasteiger partial charge in [-0.3, -0.25) is 4.79 Å². The van der Waals surface area contributed by atoms with Crippen LogP contribution in [0.2, 0.25) is 0 Å². The molecule has 0 bridgehead atoms. The first-order valence-electron chi connectivity index (χ1n) is 7.38. The van der Waals surface area contributed by atoms with Crippen LogP contribution < -0.4 is 5.73 Å². The first-order valence-corrected chi connectivity index (χ1v) is 7.38. The monoisotopic (exact) mass is 310 g/mol. The van der Waals surface area contributed by atoms with Crippen molar-refractivity contribution in [2.24, 2.45) is 11.7 Å². The summed E-state index contributed by atoms with van der Waals surface area (Å²) in [4.78, 5) is 11.6. The van der Waals surface area contributed by atoms with Gasteiger partial charge in [-0.1, -0.05) is 31.2 Å². The zero-order chi connectivity index (χ0) is 16.4. The molecule has 3 aromatic rings. The Labute approximate surface area is 133 Å². The number of nitrogens with two attached hydrogens (primary N) is 1. The highest BCUT2D eigenvalue weighted by Gasteiger charge is 2.23. The lowest BCUT2D eigenvalue weighted by Crippen LogP contribution is -2.30. The van der Waals surface area contributed by atoms with Crippen LogP contribution in [0.1, 0.15) is 19.9 Å². The number of aromatic nitrogens is 5. The van der Waals surface area contributed by atoms with Crippen molar-refractivity contribution in [3.8, 4) is 16.9 Å². The highest BCUT2D eigenvalue weighted by molar-refractivity contribution is 5.78. The smallest absolute Gasteiger partial charge is 0.242 e. The third kappa shape index (κ3) is 2.98. The Hall–Kier alpha value is -2.96. The maximum Gasteiger partial charge on any atom is 0.242 e. The summed E-state index contributed by atoms with van der Waals surface area (Å²) in [7, 11) is 0. The molecule has 2 heterocycles. The summed E-state index contributed by atoms with van der Waals surface area (Å²) >= 11 is 0. The fourth-order valence-corrected chi connectivity index (χ4v) is 2.54. The molecule has 3 rings (SSSR count).